The van der Waals surface area contributed by atoms with Crippen molar-refractivity contribution in [3.63, 3.8) is 0 Å². The molecule has 4 aromatic rings. The van der Waals surface area contributed by atoms with Crippen LogP contribution < -0.4 is 0 Å². The molecule has 11 nitrogen and oxygen atoms in total. The van der Waals surface area contributed by atoms with Gasteiger partial charge in [-0.15, -0.1) is 0 Å². The van der Waals surface area contributed by atoms with E-state index in [1.807, 2.05) is 0 Å². The van der Waals surface area contributed by atoms with Gasteiger partial charge in [0.05, 0.1) is 6.42 Å². The van der Waals surface area contributed by atoms with Crippen LogP contribution in [0.3, 0.4) is 0 Å². The molecule has 1 aliphatic heterocycles. The maximum atomic E-state index is 13.3. The van der Waals surface area contributed by atoms with Gasteiger partial charge in [0.25, 0.3) is 30.4 Å². The second kappa shape index (κ2) is 9.60. The second-order valence-electron chi connectivity index (χ2n) is 10.5. The maximum absolute atomic E-state index is 13.3. The first-order valence-corrected chi connectivity index (χ1v) is 16.8. The molecule has 1 aliphatic rings. The molecule has 1 amide bonds. The zero-order valence-electron chi connectivity index (χ0n) is 21.5. The van der Waals surface area contributed by atoms with Crippen LogP contribution in [0.1, 0.15) is 32.3 Å². The molecule has 0 saturated carbocycles. The smallest absolute Gasteiger partial charge is 0.295 e. The Balaban J connectivity index is 1.80. The average molecular weight is 610 g/mol. The quantitative estimate of drug-likeness (QED) is 0.215. The van der Waals surface area contributed by atoms with Gasteiger partial charge >= 0.3 is 0 Å². The van der Waals surface area contributed by atoms with E-state index in [-0.39, 0.29) is 44.8 Å². The average Bonchev–Trinajstić information content (AvgIpc) is 2.85. The van der Waals surface area contributed by atoms with Crippen molar-refractivity contribution in [3.05, 3.63) is 42.0 Å². The number of carbonyl (C=O) groups is 1. The van der Waals surface area contributed by atoms with Gasteiger partial charge in [0, 0.05) is 34.6 Å². The summed E-state index contributed by atoms with van der Waals surface area (Å²) in [6, 6.07) is 6.99. The molecule has 1 saturated heterocycles. The first kappa shape index (κ1) is 28.6. The molecule has 0 unspecified atom stereocenters. The zero-order valence-corrected chi connectivity index (χ0v) is 24.0. The van der Waals surface area contributed by atoms with Gasteiger partial charge in [-0.2, -0.15) is 25.3 Å². The van der Waals surface area contributed by atoms with Crippen molar-refractivity contribution in [3.8, 4) is 0 Å². The fourth-order valence-electron chi connectivity index (χ4n) is 5.84. The summed E-state index contributed by atoms with van der Waals surface area (Å²) in [5, 5.41) is -0.0263. The first-order chi connectivity index (χ1) is 18.5. The normalized spacial score (nSPS) is 16.1. The van der Waals surface area contributed by atoms with Crippen LogP contribution in [0.15, 0.2) is 51.1 Å². The number of carbonyl (C=O) groups excluding carboxylic acids is 1. The molecule has 14 heteroatoms. The van der Waals surface area contributed by atoms with Gasteiger partial charge in [-0.05, 0) is 53.1 Å². The molecule has 0 aromatic heterocycles. The van der Waals surface area contributed by atoms with E-state index in [1.165, 1.54) is 30.3 Å². The highest BCUT2D eigenvalue weighted by molar-refractivity contribution is 7.87. The predicted molar refractivity (Wildman–Crippen MR) is 147 cm³/mol. The Labute approximate surface area is 231 Å². The Morgan fingerprint density at radius 2 is 1.15 bits per heavy atom. The summed E-state index contributed by atoms with van der Waals surface area (Å²) < 4.78 is 104. The summed E-state index contributed by atoms with van der Waals surface area (Å²) in [6.07, 6.45) is 1.42. The van der Waals surface area contributed by atoms with Crippen LogP contribution in [-0.2, 0) is 41.6 Å². The SMILES string of the molecule is CC(C)C1CCN(C(=O)Cc2cc(S(=O)(=O)O)c3ccc4c(S(=O)(=O)O)cc(S(=O)(=O)O)c5ccc2c3c54)CC1. The molecule has 4 aromatic carbocycles. The van der Waals surface area contributed by atoms with Crippen molar-refractivity contribution in [2.24, 2.45) is 11.8 Å². The van der Waals surface area contributed by atoms with Crippen LogP contribution in [0.5, 0.6) is 0 Å². The van der Waals surface area contributed by atoms with E-state index < -0.39 is 45.0 Å². The Morgan fingerprint density at radius 3 is 1.57 bits per heavy atom. The van der Waals surface area contributed by atoms with Crippen molar-refractivity contribution < 1.29 is 43.7 Å². The molecule has 1 fully saturated rings. The molecule has 0 aliphatic carbocycles. The number of benzene rings is 4. The second-order valence-corrected chi connectivity index (χ2v) is 14.7. The summed E-state index contributed by atoms with van der Waals surface area (Å²) in [5.41, 5.74) is 0.219. The Bertz CT molecular complexity index is 1960. The van der Waals surface area contributed by atoms with Gasteiger partial charge in [-0.1, -0.05) is 38.1 Å². The van der Waals surface area contributed by atoms with Crippen LogP contribution in [0.2, 0.25) is 0 Å². The number of hydrogen-bond donors (Lipinski definition) is 3. The predicted octanol–water partition coefficient (Wildman–Crippen LogP) is 3.76. The molecule has 1 heterocycles. The summed E-state index contributed by atoms with van der Waals surface area (Å²) >= 11 is 0. The lowest BCUT2D eigenvalue weighted by Crippen LogP contribution is -2.40. The van der Waals surface area contributed by atoms with Crippen molar-refractivity contribution in [2.75, 3.05) is 13.1 Å². The third kappa shape index (κ3) is 4.92. The van der Waals surface area contributed by atoms with Crippen molar-refractivity contribution in [1.29, 1.82) is 0 Å². The third-order valence-corrected chi connectivity index (χ3v) is 10.6. The minimum Gasteiger partial charge on any atom is -0.342 e. The molecule has 5 rings (SSSR count). The molecular weight excluding hydrogens is 582 g/mol. The minimum absolute atomic E-state index is 0.0571. The largest absolute Gasteiger partial charge is 0.342 e. The van der Waals surface area contributed by atoms with Gasteiger partial charge in [0.15, 0.2) is 0 Å². The fourth-order valence-corrected chi connectivity index (χ4v) is 8.09. The first-order valence-electron chi connectivity index (χ1n) is 12.5. The van der Waals surface area contributed by atoms with Crippen LogP contribution in [0.25, 0.3) is 32.3 Å². The standard InChI is InChI=1S/C26H27NO10S3/c1-14(2)15-7-9-27(10-8-15)24(28)12-16-11-21(38(29,30)31)18-5-6-20-23(40(35,36)37)13-22(39(32,33)34)19-4-3-17(16)25(18)26(19)20/h3-6,11,13-15H,7-10,12H2,1-2H3,(H,29,30,31)(H,32,33,34)(H,35,36,37). The topological polar surface area (TPSA) is 183 Å². The van der Waals surface area contributed by atoms with E-state index in [0.29, 0.717) is 36.4 Å². The molecule has 40 heavy (non-hydrogen) atoms. The Morgan fingerprint density at radius 1 is 0.750 bits per heavy atom. The van der Waals surface area contributed by atoms with Crippen LogP contribution >= 0.6 is 0 Å². The van der Waals surface area contributed by atoms with Crippen molar-refractivity contribution in [1.82, 2.24) is 4.90 Å². The van der Waals surface area contributed by atoms with E-state index in [9.17, 15) is 43.7 Å². The highest BCUT2D eigenvalue weighted by atomic mass is 32.2. The van der Waals surface area contributed by atoms with Gasteiger partial charge in [-0.3, -0.25) is 18.5 Å². The fraction of sp³-hybridized carbons (Fsp3) is 0.346. The summed E-state index contributed by atoms with van der Waals surface area (Å²) in [6.45, 7) is 5.33. The number of nitrogens with zero attached hydrogens (tertiary/aromatic N) is 1. The monoisotopic (exact) mass is 609 g/mol. The maximum Gasteiger partial charge on any atom is 0.295 e. The zero-order chi connectivity index (χ0) is 29.4. The highest BCUT2D eigenvalue weighted by Gasteiger charge is 2.29. The van der Waals surface area contributed by atoms with Crippen molar-refractivity contribution in [2.45, 2.75) is 47.8 Å². The van der Waals surface area contributed by atoms with E-state index in [0.717, 1.165) is 12.8 Å². The lowest BCUT2D eigenvalue weighted by atomic mass is 9.86. The number of piperidine rings is 1. The lowest BCUT2D eigenvalue weighted by Gasteiger charge is -2.34. The molecule has 214 valence electrons. The summed E-state index contributed by atoms with van der Waals surface area (Å²) in [4.78, 5) is 12.8. The van der Waals surface area contributed by atoms with Gasteiger partial charge in [-0.25, -0.2) is 0 Å². The van der Waals surface area contributed by atoms with E-state index in [4.69, 9.17) is 0 Å². The molecule has 0 atom stereocenters. The minimum atomic E-state index is -5.01. The van der Waals surface area contributed by atoms with Gasteiger partial charge in [0.1, 0.15) is 14.7 Å². The Kier molecular flexibility index (Phi) is 6.87. The molecule has 0 spiro atoms. The van der Waals surface area contributed by atoms with Crippen LogP contribution in [-0.4, -0.2) is 62.8 Å². The lowest BCUT2D eigenvalue weighted by molar-refractivity contribution is -0.132. The van der Waals surface area contributed by atoms with E-state index >= 15 is 0 Å². The van der Waals surface area contributed by atoms with E-state index in [2.05, 4.69) is 13.8 Å². The van der Waals surface area contributed by atoms with Gasteiger partial charge < -0.3 is 4.90 Å². The molecule has 0 bridgehead atoms. The van der Waals surface area contributed by atoms with Gasteiger partial charge in [0.2, 0.25) is 5.91 Å². The number of amides is 1. The molecular formula is C26H27NO10S3. The van der Waals surface area contributed by atoms with Crippen LogP contribution in [0, 0.1) is 11.8 Å². The Hall–Kier alpha value is -2.88. The van der Waals surface area contributed by atoms with Crippen LogP contribution in [0.4, 0.5) is 0 Å². The van der Waals surface area contributed by atoms with Crippen molar-refractivity contribution >= 4 is 68.6 Å². The highest BCUT2D eigenvalue weighted by Crippen LogP contribution is 2.43. The third-order valence-electron chi connectivity index (χ3n) is 7.88. The van der Waals surface area contributed by atoms with E-state index in [1.54, 1.807) is 4.90 Å². The summed E-state index contributed by atoms with van der Waals surface area (Å²) in [7, 11) is -14.9. The summed E-state index contributed by atoms with van der Waals surface area (Å²) in [5.74, 6) is 0.696. The number of hydrogen-bond acceptors (Lipinski definition) is 7. The number of rotatable bonds is 6. The number of likely N-dealkylation sites (tertiary alicyclic amines) is 1. The molecule has 3 N–H and O–H groups in total. The molecule has 0 radical (unpaired) electrons.